The van der Waals surface area contributed by atoms with Crippen LogP contribution in [0.2, 0.25) is 0 Å². The molecule has 3 heteroatoms. The van der Waals surface area contributed by atoms with Gasteiger partial charge in [-0.25, -0.2) is 0 Å². The lowest BCUT2D eigenvalue weighted by Gasteiger charge is -2.10. The summed E-state index contributed by atoms with van der Waals surface area (Å²) >= 11 is 0. The van der Waals surface area contributed by atoms with Crippen molar-refractivity contribution in [1.82, 2.24) is 0 Å². The zero-order chi connectivity index (χ0) is 8.69. The molecule has 0 rings (SSSR count). The van der Waals surface area contributed by atoms with E-state index in [9.17, 15) is 4.79 Å². The standard InChI is InChI=1S/C9H19NO.ClH/c1-3-5-7-8(6-4-2)9(10)11;/h8H,3-7H2,1-2H3,(H2,10,11);1H. The van der Waals surface area contributed by atoms with Crippen molar-refractivity contribution in [3.8, 4) is 0 Å². The number of carbonyl (C=O) groups is 1. The highest BCUT2D eigenvalue weighted by molar-refractivity contribution is 5.85. The molecule has 0 radical (unpaired) electrons. The Hall–Kier alpha value is -0.240. The van der Waals surface area contributed by atoms with E-state index < -0.39 is 0 Å². The first kappa shape index (κ1) is 14.3. The van der Waals surface area contributed by atoms with Crippen molar-refractivity contribution in [3.05, 3.63) is 0 Å². The molecule has 0 aliphatic rings. The Morgan fingerprint density at radius 3 is 2.17 bits per heavy atom. The Morgan fingerprint density at radius 2 is 1.83 bits per heavy atom. The third-order valence-corrected chi connectivity index (χ3v) is 1.95. The van der Waals surface area contributed by atoms with Gasteiger partial charge in [-0.3, -0.25) is 4.79 Å². The predicted molar refractivity (Wildman–Crippen MR) is 54.4 cm³/mol. The van der Waals surface area contributed by atoms with Crippen LogP contribution in [0, 0.1) is 5.92 Å². The number of nitrogens with two attached hydrogens (primary N) is 1. The van der Waals surface area contributed by atoms with Crippen LogP contribution in [0.5, 0.6) is 0 Å². The molecule has 0 aromatic carbocycles. The Morgan fingerprint density at radius 1 is 1.25 bits per heavy atom. The quantitative estimate of drug-likeness (QED) is 0.692. The van der Waals surface area contributed by atoms with Gasteiger partial charge in [-0.1, -0.05) is 33.1 Å². The lowest BCUT2D eigenvalue weighted by molar-refractivity contribution is -0.122. The van der Waals surface area contributed by atoms with Gasteiger partial charge in [-0.05, 0) is 12.8 Å². The smallest absolute Gasteiger partial charge is 0.220 e. The van der Waals surface area contributed by atoms with Gasteiger partial charge >= 0.3 is 0 Å². The summed E-state index contributed by atoms with van der Waals surface area (Å²) in [5.41, 5.74) is 5.22. The van der Waals surface area contributed by atoms with Gasteiger partial charge in [-0.2, -0.15) is 0 Å². The average Bonchev–Trinajstić information content (AvgIpc) is 1.97. The van der Waals surface area contributed by atoms with Gasteiger partial charge in [-0.15, -0.1) is 12.4 Å². The van der Waals surface area contributed by atoms with E-state index in [2.05, 4.69) is 13.8 Å². The molecule has 0 fully saturated rings. The minimum absolute atomic E-state index is 0. The monoisotopic (exact) mass is 193 g/mol. The van der Waals surface area contributed by atoms with Gasteiger partial charge in [0, 0.05) is 5.92 Å². The zero-order valence-corrected chi connectivity index (χ0v) is 8.82. The number of amides is 1. The largest absolute Gasteiger partial charge is 0.369 e. The Bertz CT molecular complexity index is 117. The van der Waals surface area contributed by atoms with E-state index >= 15 is 0 Å². The number of unbranched alkanes of at least 4 members (excludes halogenated alkanes) is 1. The SMILES string of the molecule is CCCCC(CCC)C(N)=O.Cl. The summed E-state index contributed by atoms with van der Waals surface area (Å²) in [4.78, 5) is 10.8. The van der Waals surface area contributed by atoms with E-state index in [0.717, 1.165) is 32.1 Å². The van der Waals surface area contributed by atoms with Crippen molar-refractivity contribution in [2.45, 2.75) is 46.0 Å². The minimum atomic E-state index is -0.125. The molecule has 0 aliphatic heterocycles. The molecule has 0 aromatic heterocycles. The molecule has 0 spiro atoms. The number of carbonyl (C=O) groups excluding carboxylic acids is 1. The molecule has 12 heavy (non-hydrogen) atoms. The molecule has 0 heterocycles. The zero-order valence-electron chi connectivity index (χ0n) is 8.01. The Balaban J connectivity index is 0. The second-order valence-corrected chi connectivity index (χ2v) is 3.03. The molecule has 1 unspecified atom stereocenters. The first-order valence-corrected chi connectivity index (χ1v) is 4.51. The van der Waals surface area contributed by atoms with Crippen LogP contribution in [0.25, 0.3) is 0 Å². The van der Waals surface area contributed by atoms with E-state index in [4.69, 9.17) is 5.73 Å². The molecule has 0 saturated carbocycles. The number of hydrogen-bond donors (Lipinski definition) is 1. The van der Waals surface area contributed by atoms with Crippen LogP contribution in [0.3, 0.4) is 0 Å². The molecule has 1 atom stereocenters. The fraction of sp³-hybridized carbons (Fsp3) is 0.889. The van der Waals surface area contributed by atoms with Gasteiger partial charge in [0.25, 0.3) is 0 Å². The fourth-order valence-electron chi connectivity index (χ4n) is 1.23. The minimum Gasteiger partial charge on any atom is -0.369 e. The first-order valence-electron chi connectivity index (χ1n) is 4.51. The van der Waals surface area contributed by atoms with Crippen LogP contribution in [0.1, 0.15) is 46.0 Å². The third-order valence-electron chi connectivity index (χ3n) is 1.95. The second kappa shape index (κ2) is 8.85. The third kappa shape index (κ3) is 6.47. The summed E-state index contributed by atoms with van der Waals surface area (Å²) < 4.78 is 0. The molecule has 0 aliphatic carbocycles. The van der Waals surface area contributed by atoms with Crippen LogP contribution in [0.15, 0.2) is 0 Å². The number of primary amides is 1. The van der Waals surface area contributed by atoms with Crippen molar-refractivity contribution in [2.24, 2.45) is 11.7 Å². The van der Waals surface area contributed by atoms with Gasteiger partial charge in [0.15, 0.2) is 0 Å². The number of rotatable bonds is 6. The Kier molecular flexibility index (Phi) is 10.5. The molecule has 1 amide bonds. The first-order chi connectivity index (χ1) is 5.22. The molecular formula is C9H20ClNO. The van der Waals surface area contributed by atoms with Crippen LogP contribution >= 0.6 is 12.4 Å². The topological polar surface area (TPSA) is 43.1 Å². The van der Waals surface area contributed by atoms with Gasteiger partial charge < -0.3 is 5.73 Å². The summed E-state index contributed by atoms with van der Waals surface area (Å²) in [6.45, 7) is 4.21. The lowest BCUT2D eigenvalue weighted by atomic mass is 9.97. The average molecular weight is 194 g/mol. The molecular weight excluding hydrogens is 174 g/mol. The van der Waals surface area contributed by atoms with E-state index in [1.807, 2.05) is 0 Å². The normalized spacial score (nSPS) is 11.8. The van der Waals surface area contributed by atoms with Crippen molar-refractivity contribution in [3.63, 3.8) is 0 Å². The highest BCUT2D eigenvalue weighted by atomic mass is 35.5. The van der Waals surface area contributed by atoms with Crippen LogP contribution in [-0.4, -0.2) is 5.91 Å². The van der Waals surface area contributed by atoms with Gasteiger partial charge in [0.1, 0.15) is 0 Å². The molecule has 74 valence electrons. The maximum Gasteiger partial charge on any atom is 0.220 e. The summed E-state index contributed by atoms with van der Waals surface area (Å²) in [6.07, 6.45) is 5.24. The second-order valence-electron chi connectivity index (χ2n) is 3.03. The van der Waals surface area contributed by atoms with Crippen molar-refractivity contribution in [1.29, 1.82) is 0 Å². The van der Waals surface area contributed by atoms with E-state index in [1.54, 1.807) is 0 Å². The van der Waals surface area contributed by atoms with Gasteiger partial charge in [0.2, 0.25) is 5.91 Å². The van der Waals surface area contributed by atoms with Crippen molar-refractivity contribution >= 4 is 18.3 Å². The molecule has 2 N–H and O–H groups in total. The Labute approximate surface area is 81.3 Å². The maximum absolute atomic E-state index is 10.8. The predicted octanol–water partition coefficient (Wildman–Crippen LogP) is 2.50. The molecule has 0 bridgehead atoms. The number of halogens is 1. The van der Waals surface area contributed by atoms with Crippen LogP contribution in [-0.2, 0) is 4.79 Å². The highest BCUT2D eigenvalue weighted by Gasteiger charge is 2.12. The fourth-order valence-corrected chi connectivity index (χ4v) is 1.23. The molecule has 0 saturated heterocycles. The van der Waals surface area contributed by atoms with Crippen molar-refractivity contribution < 1.29 is 4.79 Å². The molecule has 0 aromatic rings. The van der Waals surface area contributed by atoms with E-state index in [0.29, 0.717) is 0 Å². The highest BCUT2D eigenvalue weighted by Crippen LogP contribution is 2.13. The lowest BCUT2D eigenvalue weighted by Crippen LogP contribution is -2.22. The maximum atomic E-state index is 10.8. The van der Waals surface area contributed by atoms with Gasteiger partial charge in [0.05, 0.1) is 0 Å². The number of hydrogen-bond acceptors (Lipinski definition) is 1. The summed E-state index contributed by atoms with van der Waals surface area (Å²) in [7, 11) is 0. The van der Waals surface area contributed by atoms with E-state index in [1.165, 1.54) is 0 Å². The van der Waals surface area contributed by atoms with E-state index in [-0.39, 0.29) is 24.2 Å². The summed E-state index contributed by atoms with van der Waals surface area (Å²) in [6, 6.07) is 0. The van der Waals surface area contributed by atoms with Crippen LogP contribution < -0.4 is 5.73 Å². The van der Waals surface area contributed by atoms with Crippen LogP contribution in [0.4, 0.5) is 0 Å². The molecule has 2 nitrogen and oxygen atoms in total. The van der Waals surface area contributed by atoms with Crippen molar-refractivity contribution in [2.75, 3.05) is 0 Å². The summed E-state index contributed by atoms with van der Waals surface area (Å²) in [5, 5.41) is 0. The summed E-state index contributed by atoms with van der Waals surface area (Å²) in [5.74, 6) is 0.000231.